The van der Waals surface area contributed by atoms with Gasteiger partial charge in [-0.3, -0.25) is 0 Å². The number of halogens is 2. The molecule has 1 aromatic heterocycles. The zero-order valence-electron chi connectivity index (χ0n) is 13.3. The minimum absolute atomic E-state index is 0. The van der Waals surface area contributed by atoms with Crippen molar-refractivity contribution < 1.29 is 17.9 Å². The number of nitrogens with zero attached hydrogens (tertiary/aromatic N) is 3. The molecule has 0 spiro atoms. The minimum atomic E-state index is -3.02. The normalized spacial score (nSPS) is 18.2. The number of piperidine rings is 1. The van der Waals surface area contributed by atoms with Crippen molar-refractivity contribution in [1.29, 1.82) is 0 Å². The highest BCUT2D eigenvalue weighted by atomic mass is 35.5. The molecule has 0 aliphatic carbocycles. The second-order valence-electron chi connectivity index (χ2n) is 5.62. The van der Waals surface area contributed by atoms with E-state index < -0.39 is 15.9 Å². The summed E-state index contributed by atoms with van der Waals surface area (Å²) in [7, 11) is -3.02. The highest BCUT2D eigenvalue weighted by molar-refractivity contribution is 7.91. The Balaban J connectivity index is 0.00000288. The van der Waals surface area contributed by atoms with Crippen LogP contribution in [0.25, 0.3) is 0 Å². The summed E-state index contributed by atoms with van der Waals surface area (Å²) in [5.41, 5.74) is 5.76. The molecule has 1 fully saturated rings. The molecule has 24 heavy (non-hydrogen) atoms. The van der Waals surface area contributed by atoms with Crippen LogP contribution >= 0.6 is 12.4 Å². The third-order valence-corrected chi connectivity index (χ3v) is 5.71. The van der Waals surface area contributed by atoms with Gasteiger partial charge in [0.05, 0.1) is 11.6 Å². The average molecular weight is 381 g/mol. The van der Waals surface area contributed by atoms with Gasteiger partial charge in [0.2, 0.25) is 5.95 Å². The first-order valence-corrected chi connectivity index (χ1v) is 9.25. The van der Waals surface area contributed by atoms with Crippen LogP contribution in [0.15, 0.2) is 24.3 Å². The summed E-state index contributed by atoms with van der Waals surface area (Å²) in [4.78, 5) is 10.2. The van der Waals surface area contributed by atoms with Gasteiger partial charge in [0, 0.05) is 49.4 Å². The van der Waals surface area contributed by atoms with Gasteiger partial charge in [-0.25, -0.2) is 22.8 Å². The van der Waals surface area contributed by atoms with Crippen molar-refractivity contribution in [2.24, 2.45) is 5.73 Å². The topological polar surface area (TPSA) is 109 Å². The number of aliphatic hydroxyl groups excluding tert-OH is 1. The van der Waals surface area contributed by atoms with Gasteiger partial charge in [-0.15, -0.1) is 12.4 Å². The molecule has 3 N–H and O–H groups in total. The fraction of sp³-hybridized carbons (Fsp3) is 0.571. The fourth-order valence-corrected chi connectivity index (χ4v) is 3.62. The SMILES string of the molecule is CS(=O)(=O)C1CCN(c2ncc(C(O)C(=CF)CN)cn2)CC1.Cl. The Morgan fingerprint density at radius 3 is 2.42 bits per heavy atom. The summed E-state index contributed by atoms with van der Waals surface area (Å²) in [6.45, 7) is 1.01. The van der Waals surface area contributed by atoms with Gasteiger partial charge in [-0.1, -0.05) is 0 Å². The molecule has 10 heteroatoms. The Morgan fingerprint density at radius 2 is 2.00 bits per heavy atom. The molecule has 2 rings (SSSR count). The first-order valence-electron chi connectivity index (χ1n) is 7.30. The standard InChI is InChI=1S/C14H21FN4O3S.ClH/c1-23(21,22)12-2-4-19(5-3-12)14-17-8-11(9-18-14)13(20)10(6-15)7-16;/h6,8-9,12-13,20H,2-5,7,16H2,1H3;1H. The molecule has 1 aliphatic rings. The van der Waals surface area contributed by atoms with Crippen LogP contribution < -0.4 is 10.6 Å². The van der Waals surface area contributed by atoms with E-state index in [0.717, 1.165) is 0 Å². The number of rotatable bonds is 5. The average Bonchev–Trinajstić information content (AvgIpc) is 2.55. The number of aromatic nitrogens is 2. The summed E-state index contributed by atoms with van der Waals surface area (Å²) >= 11 is 0. The van der Waals surface area contributed by atoms with E-state index >= 15 is 0 Å². The summed E-state index contributed by atoms with van der Waals surface area (Å²) in [6.07, 6.45) is 4.30. The highest BCUT2D eigenvalue weighted by Crippen LogP contribution is 2.23. The van der Waals surface area contributed by atoms with E-state index in [1.54, 1.807) is 0 Å². The van der Waals surface area contributed by atoms with Gasteiger partial charge in [0.1, 0.15) is 15.9 Å². The Kier molecular flexibility index (Phi) is 7.53. The van der Waals surface area contributed by atoms with E-state index in [2.05, 4.69) is 9.97 Å². The van der Waals surface area contributed by atoms with E-state index in [-0.39, 0.29) is 36.1 Å². The maximum absolute atomic E-state index is 12.6. The molecule has 136 valence electrons. The van der Waals surface area contributed by atoms with E-state index in [4.69, 9.17) is 5.73 Å². The molecule has 2 heterocycles. The summed E-state index contributed by atoms with van der Waals surface area (Å²) in [5, 5.41) is 9.64. The van der Waals surface area contributed by atoms with Gasteiger partial charge < -0.3 is 15.7 Å². The fourth-order valence-electron chi connectivity index (χ4n) is 2.55. The molecule has 0 radical (unpaired) electrons. The molecular weight excluding hydrogens is 359 g/mol. The Labute approximate surface area is 147 Å². The molecule has 1 atom stereocenters. The van der Waals surface area contributed by atoms with Crippen molar-refractivity contribution in [1.82, 2.24) is 9.97 Å². The van der Waals surface area contributed by atoms with Gasteiger partial charge in [0.25, 0.3) is 0 Å². The number of hydrogen-bond acceptors (Lipinski definition) is 7. The summed E-state index contributed by atoms with van der Waals surface area (Å²) in [6, 6.07) is 0. The van der Waals surface area contributed by atoms with Crippen LogP contribution in [0.3, 0.4) is 0 Å². The lowest BCUT2D eigenvalue weighted by Crippen LogP contribution is -2.39. The monoisotopic (exact) mass is 380 g/mol. The van der Waals surface area contributed by atoms with Gasteiger partial charge in [-0.05, 0) is 12.8 Å². The van der Waals surface area contributed by atoms with E-state index in [1.807, 2.05) is 4.90 Å². The van der Waals surface area contributed by atoms with Crippen LogP contribution in [0.1, 0.15) is 24.5 Å². The molecule has 0 saturated carbocycles. The smallest absolute Gasteiger partial charge is 0.225 e. The van der Waals surface area contributed by atoms with E-state index in [0.29, 0.717) is 37.4 Å². The van der Waals surface area contributed by atoms with Crippen LogP contribution in [0.5, 0.6) is 0 Å². The van der Waals surface area contributed by atoms with E-state index in [9.17, 15) is 17.9 Å². The quantitative estimate of drug-likeness (QED) is 0.775. The molecule has 0 bridgehead atoms. The lowest BCUT2D eigenvalue weighted by atomic mass is 10.1. The number of sulfone groups is 1. The minimum Gasteiger partial charge on any atom is -0.384 e. The van der Waals surface area contributed by atoms with Crippen LogP contribution in [-0.4, -0.2) is 54.6 Å². The maximum Gasteiger partial charge on any atom is 0.225 e. The third-order valence-electron chi connectivity index (χ3n) is 4.03. The van der Waals surface area contributed by atoms with Crippen molar-refractivity contribution in [3.63, 3.8) is 0 Å². The number of hydrogen-bond donors (Lipinski definition) is 2. The third kappa shape index (κ3) is 4.85. The van der Waals surface area contributed by atoms with Crippen LogP contribution in [0.2, 0.25) is 0 Å². The van der Waals surface area contributed by atoms with Crippen molar-refractivity contribution in [2.75, 3.05) is 30.8 Å². The second-order valence-corrected chi connectivity index (χ2v) is 7.95. The van der Waals surface area contributed by atoms with Gasteiger partial charge in [-0.2, -0.15) is 0 Å². The molecule has 0 amide bonds. The molecule has 7 nitrogen and oxygen atoms in total. The Hall–Kier alpha value is -1.29. The zero-order chi connectivity index (χ0) is 17.0. The lowest BCUT2D eigenvalue weighted by Gasteiger charge is -2.31. The lowest BCUT2D eigenvalue weighted by molar-refractivity contribution is 0.211. The molecule has 1 unspecified atom stereocenters. The summed E-state index contributed by atoms with van der Waals surface area (Å²) in [5.74, 6) is 0.464. The summed E-state index contributed by atoms with van der Waals surface area (Å²) < 4.78 is 35.7. The molecule has 1 aliphatic heterocycles. The van der Waals surface area contributed by atoms with E-state index in [1.165, 1.54) is 18.6 Å². The predicted octanol–water partition coefficient (Wildman–Crippen LogP) is 0.757. The van der Waals surface area contributed by atoms with Crippen molar-refractivity contribution in [2.45, 2.75) is 24.2 Å². The Bertz CT molecular complexity index is 661. The number of nitrogens with two attached hydrogens (primary N) is 1. The number of anilines is 1. The first kappa shape index (κ1) is 20.8. The molecule has 0 aromatic carbocycles. The predicted molar refractivity (Wildman–Crippen MR) is 92.6 cm³/mol. The van der Waals surface area contributed by atoms with Crippen molar-refractivity contribution in [3.8, 4) is 0 Å². The molecule has 1 aromatic rings. The highest BCUT2D eigenvalue weighted by Gasteiger charge is 2.27. The Morgan fingerprint density at radius 1 is 1.46 bits per heavy atom. The van der Waals surface area contributed by atoms with Crippen LogP contribution in [-0.2, 0) is 9.84 Å². The van der Waals surface area contributed by atoms with Crippen molar-refractivity contribution in [3.05, 3.63) is 29.9 Å². The zero-order valence-corrected chi connectivity index (χ0v) is 14.9. The van der Waals surface area contributed by atoms with Crippen LogP contribution in [0, 0.1) is 0 Å². The molecule has 1 saturated heterocycles. The largest absolute Gasteiger partial charge is 0.384 e. The van der Waals surface area contributed by atoms with Gasteiger partial charge >= 0.3 is 0 Å². The maximum atomic E-state index is 12.6. The van der Waals surface area contributed by atoms with Gasteiger partial charge in [0.15, 0.2) is 0 Å². The first-order chi connectivity index (χ1) is 10.9. The molecular formula is C14H22ClFN4O3S. The van der Waals surface area contributed by atoms with Crippen molar-refractivity contribution >= 4 is 28.2 Å². The van der Waals surface area contributed by atoms with Crippen LogP contribution in [0.4, 0.5) is 10.3 Å². The number of aliphatic hydroxyl groups is 1. The second kappa shape index (κ2) is 8.70.